The fourth-order valence-electron chi connectivity index (χ4n) is 2.89. The standard InChI is InChI=1S/C12H17FN4.C5H10O2/c1-6(2)9-10(13)8-5-15-12(14)16-17(8)11(9)7(3)4;6-5-2-1-3-7-4-5/h5-7H,1-4H3,(H2,14,16);5-6H,1-4H2. The van der Waals surface area contributed by atoms with Gasteiger partial charge in [0, 0.05) is 12.2 Å². The van der Waals surface area contributed by atoms with E-state index < -0.39 is 0 Å². The number of nitrogens with zero attached hydrogens (tertiary/aromatic N) is 3. The summed E-state index contributed by atoms with van der Waals surface area (Å²) in [7, 11) is 0. The summed E-state index contributed by atoms with van der Waals surface area (Å²) in [6.45, 7) is 9.36. The van der Waals surface area contributed by atoms with Gasteiger partial charge >= 0.3 is 0 Å². The summed E-state index contributed by atoms with van der Waals surface area (Å²) in [6, 6.07) is 0. The van der Waals surface area contributed by atoms with Crippen molar-refractivity contribution in [2.75, 3.05) is 18.9 Å². The SMILES string of the molecule is CC(C)c1c(F)c2cnc(N)nn2c1C(C)C.OC1CCCOC1. The van der Waals surface area contributed by atoms with Crippen molar-refractivity contribution in [3.8, 4) is 0 Å². The number of aromatic nitrogens is 3. The summed E-state index contributed by atoms with van der Waals surface area (Å²) >= 11 is 0. The predicted molar refractivity (Wildman–Crippen MR) is 91.6 cm³/mol. The van der Waals surface area contributed by atoms with Gasteiger partial charge in [-0.25, -0.2) is 13.9 Å². The molecule has 0 aromatic carbocycles. The number of halogens is 1. The minimum atomic E-state index is -0.233. The number of nitrogens with two attached hydrogens (primary N) is 1. The minimum absolute atomic E-state index is 0.107. The van der Waals surface area contributed by atoms with Gasteiger partial charge in [-0.2, -0.15) is 0 Å². The van der Waals surface area contributed by atoms with Crippen LogP contribution < -0.4 is 5.73 Å². The molecule has 2 aromatic heterocycles. The third-order valence-corrected chi connectivity index (χ3v) is 3.98. The Bertz CT molecular complexity index is 679. The van der Waals surface area contributed by atoms with Crippen LogP contribution in [0.1, 0.15) is 63.6 Å². The molecule has 3 N–H and O–H groups in total. The molecular formula is C17H27FN4O2. The maximum atomic E-state index is 14.3. The second-order valence-corrected chi connectivity index (χ2v) is 6.71. The molecule has 0 amide bonds. The molecule has 0 spiro atoms. The molecule has 1 aliphatic rings. The molecule has 1 saturated heterocycles. The molecular weight excluding hydrogens is 311 g/mol. The number of hydrogen-bond acceptors (Lipinski definition) is 5. The van der Waals surface area contributed by atoms with Crippen molar-refractivity contribution < 1.29 is 14.2 Å². The zero-order valence-electron chi connectivity index (χ0n) is 14.8. The van der Waals surface area contributed by atoms with Crippen LogP contribution in [-0.2, 0) is 4.74 Å². The largest absolute Gasteiger partial charge is 0.391 e. The second kappa shape index (κ2) is 7.90. The molecule has 3 rings (SSSR count). The first-order chi connectivity index (χ1) is 11.3. The lowest BCUT2D eigenvalue weighted by Crippen LogP contribution is -2.21. The number of anilines is 1. The van der Waals surface area contributed by atoms with Crippen LogP contribution in [-0.4, -0.2) is 39.0 Å². The lowest BCUT2D eigenvalue weighted by atomic mass is 9.97. The van der Waals surface area contributed by atoms with E-state index in [1.54, 1.807) is 4.52 Å². The van der Waals surface area contributed by atoms with Gasteiger partial charge in [-0.05, 0) is 24.7 Å². The summed E-state index contributed by atoms with van der Waals surface area (Å²) in [6.07, 6.45) is 3.19. The highest BCUT2D eigenvalue weighted by molar-refractivity contribution is 5.55. The molecule has 1 aliphatic heterocycles. The van der Waals surface area contributed by atoms with E-state index in [0.717, 1.165) is 25.1 Å². The van der Waals surface area contributed by atoms with Crippen molar-refractivity contribution >= 4 is 11.5 Å². The Hall–Kier alpha value is -1.73. The topological polar surface area (TPSA) is 85.7 Å². The molecule has 0 radical (unpaired) electrons. The van der Waals surface area contributed by atoms with Crippen LogP contribution in [0.2, 0.25) is 0 Å². The van der Waals surface area contributed by atoms with Gasteiger partial charge in [0.15, 0.2) is 5.82 Å². The molecule has 0 aliphatic carbocycles. The van der Waals surface area contributed by atoms with Gasteiger partial charge in [0.05, 0.1) is 24.6 Å². The van der Waals surface area contributed by atoms with E-state index in [1.165, 1.54) is 6.20 Å². The van der Waals surface area contributed by atoms with Crippen LogP contribution in [0.15, 0.2) is 6.20 Å². The Morgan fingerprint density at radius 2 is 2.04 bits per heavy atom. The quantitative estimate of drug-likeness (QED) is 0.879. The number of aliphatic hydroxyl groups excluding tert-OH is 1. The zero-order chi connectivity index (χ0) is 17.9. The number of hydrogen-bond donors (Lipinski definition) is 2. The van der Waals surface area contributed by atoms with Gasteiger partial charge in [0.2, 0.25) is 5.95 Å². The van der Waals surface area contributed by atoms with Gasteiger partial charge in [0.25, 0.3) is 0 Å². The van der Waals surface area contributed by atoms with E-state index >= 15 is 0 Å². The molecule has 134 valence electrons. The number of fused-ring (bicyclic) bond motifs is 1. The molecule has 3 heterocycles. The molecule has 1 unspecified atom stereocenters. The zero-order valence-corrected chi connectivity index (χ0v) is 14.8. The van der Waals surface area contributed by atoms with Crippen LogP contribution in [0.3, 0.4) is 0 Å². The summed E-state index contributed by atoms with van der Waals surface area (Å²) < 4.78 is 20.8. The fraction of sp³-hybridized carbons (Fsp3) is 0.647. The summed E-state index contributed by atoms with van der Waals surface area (Å²) in [4.78, 5) is 3.85. The Kier molecular flexibility index (Phi) is 6.12. The highest BCUT2D eigenvalue weighted by Gasteiger charge is 2.23. The lowest BCUT2D eigenvalue weighted by molar-refractivity contribution is -0.00535. The van der Waals surface area contributed by atoms with E-state index in [9.17, 15) is 4.39 Å². The van der Waals surface area contributed by atoms with Gasteiger partial charge in [-0.1, -0.05) is 27.7 Å². The summed E-state index contributed by atoms with van der Waals surface area (Å²) in [5, 5.41) is 12.9. The monoisotopic (exact) mass is 338 g/mol. The summed E-state index contributed by atoms with van der Waals surface area (Å²) in [5.41, 5.74) is 7.54. The smallest absolute Gasteiger partial charge is 0.238 e. The van der Waals surface area contributed by atoms with Crippen LogP contribution in [0.25, 0.3) is 5.52 Å². The van der Waals surface area contributed by atoms with E-state index in [1.807, 2.05) is 27.7 Å². The van der Waals surface area contributed by atoms with Crippen molar-refractivity contribution in [2.24, 2.45) is 0 Å². The number of ether oxygens (including phenoxy) is 1. The Morgan fingerprint density at radius 1 is 1.33 bits per heavy atom. The molecule has 0 saturated carbocycles. The van der Waals surface area contributed by atoms with E-state index in [0.29, 0.717) is 17.7 Å². The van der Waals surface area contributed by atoms with Crippen LogP contribution in [0.4, 0.5) is 10.3 Å². The van der Waals surface area contributed by atoms with E-state index in [-0.39, 0.29) is 29.7 Å². The van der Waals surface area contributed by atoms with Crippen LogP contribution in [0.5, 0.6) is 0 Å². The van der Waals surface area contributed by atoms with Crippen molar-refractivity contribution in [1.29, 1.82) is 0 Å². The Labute approximate surface area is 141 Å². The number of nitrogen functional groups attached to an aromatic ring is 1. The first-order valence-corrected chi connectivity index (χ1v) is 8.41. The van der Waals surface area contributed by atoms with Crippen LogP contribution >= 0.6 is 0 Å². The highest BCUT2D eigenvalue weighted by atomic mass is 19.1. The maximum absolute atomic E-state index is 14.3. The molecule has 1 atom stereocenters. The van der Waals surface area contributed by atoms with Crippen LogP contribution in [0, 0.1) is 5.82 Å². The fourth-order valence-corrected chi connectivity index (χ4v) is 2.89. The molecule has 0 bridgehead atoms. The van der Waals surface area contributed by atoms with Gasteiger partial charge in [0.1, 0.15) is 5.52 Å². The molecule has 1 fully saturated rings. The second-order valence-electron chi connectivity index (χ2n) is 6.71. The molecule has 24 heavy (non-hydrogen) atoms. The van der Waals surface area contributed by atoms with Crippen molar-refractivity contribution in [3.05, 3.63) is 23.3 Å². The Morgan fingerprint density at radius 3 is 2.50 bits per heavy atom. The lowest BCUT2D eigenvalue weighted by Gasteiger charge is -2.15. The summed E-state index contributed by atoms with van der Waals surface area (Å²) in [5.74, 6) is 0.211. The first kappa shape index (κ1) is 18.6. The van der Waals surface area contributed by atoms with Crippen molar-refractivity contribution in [1.82, 2.24) is 14.6 Å². The van der Waals surface area contributed by atoms with Gasteiger partial charge in [-0.3, -0.25) is 0 Å². The minimum Gasteiger partial charge on any atom is -0.391 e. The first-order valence-electron chi connectivity index (χ1n) is 8.41. The van der Waals surface area contributed by atoms with Gasteiger partial charge in [-0.15, -0.1) is 5.10 Å². The van der Waals surface area contributed by atoms with E-state index in [2.05, 4.69) is 10.1 Å². The van der Waals surface area contributed by atoms with Crippen molar-refractivity contribution in [3.63, 3.8) is 0 Å². The number of rotatable bonds is 2. The molecule has 2 aromatic rings. The van der Waals surface area contributed by atoms with Gasteiger partial charge < -0.3 is 15.6 Å². The predicted octanol–water partition coefficient (Wildman–Crippen LogP) is 2.86. The highest BCUT2D eigenvalue weighted by Crippen LogP contribution is 2.32. The average molecular weight is 338 g/mol. The maximum Gasteiger partial charge on any atom is 0.238 e. The third-order valence-electron chi connectivity index (χ3n) is 3.98. The normalized spacial score (nSPS) is 18.1. The molecule has 6 nitrogen and oxygen atoms in total. The van der Waals surface area contributed by atoms with E-state index in [4.69, 9.17) is 15.6 Å². The molecule has 7 heteroatoms. The number of aliphatic hydroxyl groups is 1. The Balaban J connectivity index is 0.000000249. The third kappa shape index (κ3) is 4.02. The van der Waals surface area contributed by atoms with Crippen molar-refractivity contribution in [2.45, 2.75) is 58.5 Å². The average Bonchev–Trinajstić information content (AvgIpc) is 2.81.